The van der Waals surface area contributed by atoms with E-state index in [1.54, 1.807) is 0 Å². The number of hydrogen-bond acceptors (Lipinski definition) is 1. The second kappa shape index (κ2) is 6.04. The Balaban J connectivity index is 3.94. The zero-order valence-corrected chi connectivity index (χ0v) is 8.34. The largest absolute Gasteiger partial charge is 0.481 e. The van der Waals surface area contributed by atoms with Crippen LogP contribution in [0.15, 0.2) is 0 Å². The minimum Gasteiger partial charge on any atom is -0.481 e. The van der Waals surface area contributed by atoms with E-state index >= 15 is 0 Å². The second-order valence-corrected chi connectivity index (χ2v) is 3.47. The highest BCUT2D eigenvalue weighted by atomic mass is 16.4. The van der Waals surface area contributed by atoms with Crippen LogP contribution in [0.2, 0.25) is 0 Å². The van der Waals surface area contributed by atoms with Gasteiger partial charge in [-0.15, -0.1) is 0 Å². The van der Waals surface area contributed by atoms with Crippen molar-refractivity contribution in [2.75, 3.05) is 0 Å². The fourth-order valence-electron chi connectivity index (χ4n) is 1.36. The lowest BCUT2D eigenvalue weighted by Crippen LogP contribution is -2.21. The minimum atomic E-state index is -0.627. The van der Waals surface area contributed by atoms with Crippen molar-refractivity contribution >= 4 is 5.97 Å². The number of aliphatic carboxylic acids is 1. The molecule has 0 heterocycles. The predicted octanol–water partition coefficient (Wildman–Crippen LogP) is 2.92. The maximum Gasteiger partial charge on any atom is 0.306 e. The van der Waals surface area contributed by atoms with E-state index in [1.165, 1.54) is 0 Å². The summed E-state index contributed by atoms with van der Waals surface area (Å²) in [6.07, 6.45) is 3.91. The molecule has 0 radical (unpaired) electrons. The van der Waals surface area contributed by atoms with Crippen LogP contribution in [0, 0.1) is 11.8 Å². The van der Waals surface area contributed by atoms with E-state index in [2.05, 4.69) is 6.92 Å². The van der Waals surface area contributed by atoms with Gasteiger partial charge in [0.05, 0.1) is 5.92 Å². The smallest absolute Gasteiger partial charge is 0.306 e. The summed E-state index contributed by atoms with van der Waals surface area (Å²) in [7, 11) is 0. The lowest BCUT2D eigenvalue weighted by molar-refractivity contribution is -0.143. The van der Waals surface area contributed by atoms with E-state index in [1.807, 2.05) is 13.8 Å². The van der Waals surface area contributed by atoms with E-state index in [9.17, 15) is 4.79 Å². The third-order valence-corrected chi connectivity index (χ3v) is 2.52. The van der Waals surface area contributed by atoms with Crippen molar-refractivity contribution in [1.82, 2.24) is 0 Å². The van der Waals surface area contributed by atoms with Gasteiger partial charge in [-0.1, -0.05) is 40.0 Å². The Kier molecular flexibility index (Phi) is 5.77. The van der Waals surface area contributed by atoms with Crippen LogP contribution in [-0.4, -0.2) is 11.1 Å². The molecule has 0 rings (SSSR count). The Bertz CT molecular complexity index is 132. The molecule has 0 aromatic heterocycles. The fraction of sp³-hybridized carbons (Fsp3) is 0.900. The van der Waals surface area contributed by atoms with Crippen LogP contribution < -0.4 is 0 Å². The summed E-state index contributed by atoms with van der Waals surface area (Å²) in [6.45, 7) is 6.16. The standard InChI is InChI=1S/C10H20O2/c1-4-6-7-9(10(11)12)8(3)5-2/h8-9H,4-7H2,1-3H3,(H,11,12). The highest BCUT2D eigenvalue weighted by Gasteiger charge is 2.22. The number of hydrogen-bond donors (Lipinski definition) is 1. The Labute approximate surface area is 75.0 Å². The lowest BCUT2D eigenvalue weighted by atomic mass is 9.88. The van der Waals surface area contributed by atoms with E-state index in [0.29, 0.717) is 5.92 Å². The number of carboxylic acids is 1. The van der Waals surface area contributed by atoms with Crippen molar-refractivity contribution in [2.45, 2.75) is 46.5 Å². The molecule has 1 N–H and O–H groups in total. The molecule has 0 fully saturated rings. The van der Waals surface area contributed by atoms with Crippen molar-refractivity contribution in [2.24, 2.45) is 11.8 Å². The normalized spacial score (nSPS) is 15.6. The fourth-order valence-corrected chi connectivity index (χ4v) is 1.36. The third-order valence-electron chi connectivity index (χ3n) is 2.52. The molecule has 0 aromatic carbocycles. The molecule has 0 saturated carbocycles. The van der Waals surface area contributed by atoms with Gasteiger partial charge in [-0.3, -0.25) is 4.79 Å². The first kappa shape index (κ1) is 11.5. The van der Waals surface area contributed by atoms with Crippen molar-refractivity contribution < 1.29 is 9.90 Å². The lowest BCUT2D eigenvalue weighted by Gasteiger charge is -2.17. The summed E-state index contributed by atoms with van der Waals surface area (Å²) in [5, 5.41) is 8.90. The Morgan fingerprint density at radius 1 is 1.42 bits per heavy atom. The van der Waals surface area contributed by atoms with Gasteiger partial charge < -0.3 is 5.11 Å². The average Bonchev–Trinajstić information content (AvgIpc) is 2.04. The summed E-state index contributed by atoms with van der Waals surface area (Å²) in [4.78, 5) is 10.8. The SMILES string of the molecule is CCCCC(C(=O)O)C(C)CC. The van der Waals surface area contributed by atoms with Crippen LogP contribution in [0.1, 0.15) is 46.5 Å². The van der Waals surface area contributed by atoms with E-state index in [4.69, 9.17) is 5.11 Å². The van der Waals surface area contributed by atoms with Gasteiger partial charge in [-0.25, -0.2) is 0 Å². The third kappa shape index (κ3) is 3.74. The molecule has 0 bridgehead atoms. The van der Waals surface area contributed by atoms with Crippen LogP contribution in [-0.2, 0) is 4.79 Å². The van der Waals surface area contributed by atoms with E-state index in [0.717, 1.165) is 25.7 Å². The van der Waals surface area contributed by atoms with Crippen molar-refractivity contribution in [3.05, 3.63) is 0 Å². The van der Waals surface area contributed by atoms with Gasteiger partial charge in [-0.2, -0.15) is 0 Å². The van der Waals surface area contributed by atoms with E-state index < -0.39 is 5.97 Å². The first-order valence-electron chi connectivity index (χ1n) is 4.86. The summed E-state index contributed by atoms with van der Waals surface area (Å²) in [5.41, 5.74) is 0. The number of rotatable bonds is 6. The van der Waals surface area contributed by atoms with Crippen molar-refractivity contribution in [3.8, 4) is 0 Å². The van der Waals surface area contributed by atoms with Crippen LogP contribution >= 0.6 is 0 Å². The molecule has 0 saturated heterocycles. The molecular formula is C10H20O2. The minimum absolute atomic E-state index is 0.130. The zero-order valence-electron chi connectivity index (χ0n) is 8.34. The maximum atomic E-state index is 10.8. The van der Waals surface area contributed by atoms with E-state index in [-0.39, 0.29) is 5.92 Å². The van der Waals surface area contributed by atoms with Crippen molar-refractivity contribution in [3.63, 3.8) is 0 Å². The summed E-state index contributed by atoms with van der Waals surface area (Å²) in [6, 6.07) is 0. The topological polar surface area (TPSA) is 37.3 Å². The molecule has 0 amide bonds. The number of carboxylic acid groups (broad SMARTS) is 1. The first-order valence-corrected chi connectivity index (χ1v) is 4.86. The average molecular weight is 172 g/mol. The van der Waals surface area contributed by atoms with Crippen LogP contribution in [0.4, 0.5) is 0 Å². The molecule has 2 unspecified atom stereocenters. The zero-order chi connectivity index (χ0) is 9.56. The Hall–Kier alpha value is -0.530. The number of carbonyl (C=O) groups is 1. The highest BCUT2D eigenvalue weighted by molar-refractivity contribution is 5.70. The van der Waals surface area contributed by atoms with Crippen molar-refractivity contribution in [1.29, 1.82) is 0 Å². The summed E-state index contributed by atoms with van der Waals surface area (Å²) in [5.74, 6) is -0.443. The molecule has 0 aliphatic carbocycles. The van der Waals surface area contributed by atoms with Gasteiger partial charge >= 0.3 is 5.97 Å². The monoisotopic (exact) mass is 172 g/mol. The molecule has 0 spiro atoms. The van der Waals surface area contributed by atoms with Gasteiger partial charge in [0, 0.05) is 0 Å². The molecule has 0 aliphatic heterocycles. The van der Waals surface area contributed by atoms with Crippen LogP contribution in [0.5, 0.6) is 0 Å². The molecule has 2 nitrogen and oxygen atoms in total. The molecule has 0 aliphatic rings. The molecule has 2 atom stereocenters. The summed E-state index contributed by atoms with van der Waals surface area (Å²) >= 11 is 0. The quantitative estimate of drug-likeness (QED) is 0.668. The summed E-state index contributed by atoms with van der Waals surface area (Å²) < 4.78 is 0. The molecule has 72 valence electrons. The van der Waals surface area contributed by atoms with Gasteiger partial charge in [0.2, 0.25) is 0 Å². The maximum absolute atomic E-state index is 10.8. The van der Waals surface area contributed by atoms with Gasteiger partial charge in [0.15, 0.2) is 0 Å². The molecular weight excluding hydrogens is 152 g/mol. The molecule has 12 heavy (non-hydrogen) atoms. The van der Waals surface area contributed by atoms with Gasteiger partial charge in [0.1, 0.15) is 0 Å². The Morgan fingerprint density at radius 3 is 2.33 bits per heavy atom. The first-order chi connectivity index (χ1) is 5.63. The van der Waals surface area contributed by atoms with Gasteiger partial charge in [-0.05, 0) is 12.3 Å². The van der Waals surface area contributed by atoms with Gasteiger partial charge in [0.25, 0.3) is 0 Å². The predicted molar refractivity (Wildman–Crippen MR) is 50.1 cm³/mol. The number of unbranched alkanes of at least 4 members (excludes halogenated alkanes) is 1. The molecule has 2 heteroatoms. The van der Waals surface area contributed by atoms with Crippen LogP contribution in [0.25, 0.3) is 0 Å². The molecule has 0 aromatic rings. The highest BCUT2D eigenvalue weighted by Crippen LogP contribution is 2.21. The Morgan fingerprint density at radius 2 is 2.00 bits per heavy atom. The second-order valence-electron chi connectivity index (χ2n) is 3.47. The van der Waals surface area contributed by atoms with Crippen LogP contribution in [0.3, 0.4) is 0 Å².